The smallest absolute Gasteiger partial charge is 0.305 e. The first-order valence-corrected chi connectivity index (χ1v) is 5.96. The van der Waals surface area contributed by atoms with E-state index in [0.29, 0.717) is 0 Å². The van der Waals surface area contributed by atoms with Crippen LogP contribution in [0.5, 0.6) is 0 Å². The predicted octanol–water partition coefficient (Wildman–Crippen LogP) is 0.548. The molecule has 0 aromatic heterocycles. The van der Waals surface area contributed by atoms with Crippen molar-refractivity contribution in [2.75, 3.05) is 0 Å². The predicted molar refractivity (Wildman–Crippen MR) is 61.8 cm³/mol. The van der Waals surface area contributed by atoms with Crippen LogP contribution < -0.4 is 0 Å². The van der Waals surface area contributed by atoms with Crippen LogP contribution >= 0.6 is 0 Å². The normalized spacial score (nSPS) is 30.3. The van der Waals surface area contributed by atoms with Crippen LogP contribution in [0, 0.1) is 0 Å². The van der Waals surface area contributed by atoms with Crippen LogP contribution in [0.2, 0.25) is 0 Å². The van der Waals surface area contributed by atoms with Crippen molar-refractivity contribution < 1.29 is 33.3 Å². The molecule has 7 nitrogen and oxygen atoms in total. The van der Waals surface area contributed by atoms with E-state index in [1.165, 1.54) is 20.8 Å². The van der Waals surface area contributed by atoms with Crippen molar-refractivity contribution in [1.82, 2.24) is 0 Å². The van der Waals surface area contributed by atoms with Gasteiger partial charge in [0.25, 0.3) is 0 Å². The number of hydrogen-bond acceptors (Lipinski definition) is 7. The molecule has 1 fully saturated rings. The molecule has 0 aliphatic carbocycles. The number of carbonyl (C=O) groups is 3. The molecule has 1 saturated heterocycles. The monoisotopic (exact) mass is 274 g/mol. The van der Waals surface area contributed by atoms with Gasteiger partial charge in [-0.2, -0.15) is 0 Å². The Balaban J connectivity index is 2.75. The molecule has 4 atom stereocenters. The van der Waals surface area contributed by atoms with E-state index in [-0.39, 0.29) is 6.42 Å². The van der Waals surface area contributed by atoms with Gasteiger partial charge in [0, 0.05) is 27.2 Å². The van der Waals surface area contributed by atoms with Gasteiger partial charge in [-0.15, -0.1) is 0 Å². The van der Waals surface area contributed by atoms with Gasteiger partial charge >= 0.3 is 17.9 Å². The molecule has 0 saturated carbocycles. The lowest BCUT2D eigenvalue weighted by Gasteiger charge is -2.38. The molecule has 1 aliphatic heterocycles. The molecule has 19 heavy (non-hydrogen) atoms. The molecule has 108 valence electrons. The first-order chi connectivity index (χ1) is 8.79. The van der Waals surface area contributed by atoms with Crippen molar-refractivity contribution in [3.8, 4) is 0 Å². The van der Waals surface area contributed by atoms with E-state index in [1.54, 1.807) is 6.92 Å². The van der Waals surface area contributed by atoms with Gasteiger partial charge in [-0.25, -0.2) is 0 Å². The van der Waals surface area contributed by atoms with Crippen LogP contribution in [0.3, 0.4) is 0 Å². The van der Waals surface area contributed by atoms with Crippen LogP contribution in [0.1, 0.15) is 34.1 Å². The van der Waals surface area contributed by atoms with Gasteiger partial charge in [0.1, 0.15) is 6.10 Å². The second kappa shape index (κ2) is 6.51. The number of hydrogen-bond donors (Lipinski definition) is 0. The summed E-state index contributed by atoms with van der Waals surface area (Å²) >= 11 is 0. The minimum atomic E-state index is -0.983. The Kier molecular flexibility index (Phi) is 5.29. The quantitative estimate of drug-likeness (QED) is 0.548. The van der Waals surface area contributed by atoms with Gasteiger partial charge in [-0.1, -0.05) is 0 Å². The van der Waals surface area contributed by atoms with Crippen LogP contribution in [-0.4, -0.2) is 42.5 Å². The van der Waals surface area contributed by atoms with E-state index >= 15 is 0 Å². The van der Waals surface area contributed by atoms with E-state index in [2.05, 4.69) is 0 Å². The molecular formula is C12H18O7. The van der Waals surface area contributed by atoms with Gasteiger partial charge in [-0.05, 0) is 6.92 Å². The second-order valence-corrected chi connectivity index (χ2v) is 4.35. The Morgan fingerprint density at radius 3 is 1.84 bits per heavy atom. The van der Waals surface area contributed by atoms with E-state index in [9.17, 15) is 14.4 Å². The second-order valence-electron chi connectivity index (χ2n) is 4.35. The molecule has 1 rings (SSSR count). The summed E-state index contributed by atoms with van der Waals surface area (Å²) in [5.41, 5.74) is 0. The zero-order valence-corrected chi connectivity index (χ0v) is 11.4. The molecule has 1 aliphatic rings. The standard InChI is InChI=1S/C12H18O7/c1-6-10(17-7(2)13)5-11(18-8(3)14)12(16-6)19-9(4)15/h6,10-12H,5H2,1-4H3/t6-,10-,11-,12?/m1/s1. The van der Waals surface area contributed by atoms with Gasteiger partial charge in [0.2, 0.25) is 6.29 Å². The lowest BCUT2D eigenvalue weighted by molar-refractivity contribution is -0.261. The zero-order chi connectivity index (χ0) is 14.6. The Morgan fingerprint density at radius 1 is 0.895 bits per heavy atom. The highest BCUT2D eigenvalue weighted by atomic mass is 16.7. The molecule has 7 heteroatoms. The third-order valence-corrected chi connectivity index (χ3v) is 2.56. The Labute approximate surface area is 111 Å². The molecule has 0 bridgehead atoms. The van der Waals surface area contributed by atoms with Gasteiger partial charge in [0.15, 0.2) is 6.10 Å². The molecule has 0 amide bonds. The molecule has 0 aromatic carbocycles. The SMILES string of the molecule is CC(=O)OC1O[C@H](C)[C@H](OC(C)=O)C[C@H]1OC(C)=O. The van der Waals surface area contributed by atoms with E-state index in [0.717, 1.165) is 0 Å². The zero-order valence-electron chi connectivity index (χ0n) is 11.4. The Hall–Kier alpha value is -1.63. The van der Waals surface area contributed by atoms with Crippen LogP contribution in [0.25, 0.3) is 0 Å². The van der Waals surface area contributed by atoms with E-state index < -0.39 is 42.5 Å². The lowest BCUT2D eigenvalue weighted by atomic mass is 10.0. The summed E-state index contributed by atoms with van der Waals surface area (Å²) in [5.74, 6) is -1.52. The average Bonchev–Trinajstić information content (AvgIpc) is 2.22. The number of esters is 3. The van der Waals surface area contributed by atoms with E-state index in [4.69, 9.17) is 18.9 Å². The highest BCUT2D eigenvalue weighted by molar-refractivity contribution is 5.67. The van der Waals surface area contributed by atoms with Crippen molar-refractivity contribution >= 4 is 17.9 Å². The first-order valence-electron chi connectivity index (χ1n) is 5.96. The minimum absolute atomic E-state index is 0.221. The molecule has 0 radical (unpaired) electrons. The summed E-state index contributed by atoms with van der Waals surface area (Å²) in [6.45, 7) is 5.44. The van der Waals surface area contributed by atoms with Crippen molar-refractivity contribution in [3.63, 3.8) is 0 Å². The summed E-state index contributed by atoms with van der Waals surface area (Å²) in [6.07, 6.45) is -2.56. The summed E-state index contributed by atoms with van der Waals surface area (Å²) in [4.78, 5) is 33.0. The largest absolute Gasteiger partial charge is 0.460 e. The molecular weight excluding hydrogens is 256 g/mol. The maximum atomic E-state index is 11.0. The molecule has 0 aromatic rings. The topological polar surface area (TPSA) is 88.1 Å². The summed E-state index contributed by atoms with van der Waals surface area (Å²) in [7, 11) is 0. The first kappa shape index (κ1) is 15.4. The molecule has 0 N–H and O–H groups in total. The highest BCUT2D eigenvalue weighted by Crippen LogP contribution is 2.26. The van der Waals surface area contributed by atoms with Gasteiger partial charge < -0.3 is 18.9 Å². The molecule has 1 unspecified atom stereocenters. The summed E-state index contributed by atoms with van der Waals surface area (Å²) < 4.78 is 20.5. The van der Waals surface area contributed by atoms with Crippen LogP contribution in [0.4, 0.5) is 0 Å². The Bertz CT molecular complexity index is 365. The summed E-state index contributed by atoms with van der Waals surface area (Å²) in [5, 5.41) is 0. The average molecular weight is 274 g/mol. The fourth-order valence-electron chi connectivity index (χ4n) is 1.86. The van der Waals surface area contributed by atoms with Crippen LogP contribution in [-0.2, 0) is 33.3 Å². The molecule has 1 heterocycles. The number of rotatable bonds is 3. The maximum Gasteiger partial charge on any atom is 0.305 e. The van der Waals surface area contributed by atoms with Gasteiger partial charge in [-0.3, -0.25) is 14.4 Å². The third-order valence-electron chi connectivity index (χ3n) is 2.56. The third kappa shape index (κ3) is 4.86. The summed E-state index contributed by atoms with van der Waals surface area (Å²) in [6, 6.07) is 0. The fraction of sp³-hybridized carbons (Fsp3) is 0.750. The molecule has 0 spiro atoms. The fourth-order valence-corrected chi connectivity index (χ4v) is 1.86. The van der Waals surface area contributed by atoms with Crippen molar-refractivity contribution in [1.29, 1.82) is 0 Å². The van der Waals surface area contributed by atoms with Crippen molar-refractivity contribution in [2.45, 2.75) is 58.7 Å². The highest BCUT2D eigenvalue weighted by Gasteiger charge is 2.41. The minimum Gasteiger partial charge on any atom is -0.460 e. The van der Waals surface area contributed by atoms with E-state index in [1.807, 2.05) is 0 Å². The number of carbonyl (C=O) groups excluding carboxylic acids is 3. The van der Waals surface area contributed by atoms with Crippen molar-refractivity contribution in [2.24, 2.45) is 0 Å². The Morgan fingerprint density at radius 2 is 1.37 bits per heavy atom. The van der Waals surface area contributed by atoms with Gasteiger partial charge in [0.05, 0.1) is 6.10 Å². The van der Waals surface area contributed by atoms with Crippen molar-refractivity contribution in [3.05, 3.63) is 0 Å². The lowest BCUT2D eigenvalue weighted by Crippen LogP contribution is -2.50. The maximum absolute atomic E-state index is 11.0. The number of ether oxygens (including phenoxy) is 4. The van der Waals surface area contributed by atoms with Crippen LogP contribution in [0.15, 0.2) is 0 Å².